The van der Waals surface area contributed by atoms with Gasteiger partial charge in [0.2, 0.25) is 11.5 Å². The summed E-state index contributed by atoms with van der Waals surface area (Å²) in [5.41, 5.74) is -0.907. The number of benzene rings is 1. The Balaban J connectivity index is 1.48. The molecule has 1 aromatic carbocycles. The molecular formula is C21H25N3O6. The summed E-state index contributed by atoms with van der Waals surface area (Å²) in [6, 6.07) is 5.15. The van der Waals surface area contributed by atoms with Gasteiger partial charge in [-0.3, -0.25) is 14.9 Å². The summed E-state index contributed by atoms with van der Waals surface area (Å²) in [6.07, 6.45) is 1.43. The van der Waals surface area contributed by atoms with E-state index >= 15 is 0 Å². The van der Waals surface area contributed by atoms with E-state index in [1.165, 1.54) is 0 Å². The lowest BCUT2D eigenvalue weighted by atomic mass is 9.76. The zero-order valence-corrected chi connectivity index (χ0v) is 17.2. The third-order valence-corrected chi connectivity index (χ3v) is 5.78. The van der Waals surface area contributed by atoms with Crippen molar-refractivity contribution in [3.63, 3.8) is 0 Å². The molecule has 1 atom stereocenters. The van der Waals surface area contributed by atoms with Crippen molar-refractivity contribution < 1.29 is 28.7 Å². The minimum Gasteiger partial charge on any atom is -0.444 e. The van der Waals surface area contributed by atoms with E-state index in [-0.39, 0.29) is 5.91 Å². The molecule has 1 spiro atoms. The van der Waals surface area contributed by atoms with Crippen molar-refractivity contribution in [2.75, 3.05) is 5.32 Å². The molecule has 4 amide bonds. The molecule has 0 aromatic heterocycles. The zero-order chi connectivity index (χ0) is 21.7. The molecule has 1 heterocycles. The summed E-state index contributed by atoms with van der Waals surface area (Å²) in [5, 5.41) is 7.77. The first-order valence-corrected chi connectivity index (χ1v) is 10.0. The summed E-state index contributed by atoms with van der Waals surface area (Å²) in [5.74, 6) is -0.768. The molecule has 9 nitrogen and oxygen atoms in total. The van der Waals surface area contributed by atoms with Gasteiger partial charge in [0.1, 0.15) is 11.1 Å². The van der Waals surface area contributed by atoms with Gasteiger partial charge in [-0.15, -0.1) is 0 Å². The summed E-state index contributed by atoms with van der Waals surface area (Å²) in [6.45, 7) is 5.29. The normalized spacial score (nSPS) is 23.8. The monoisotopic (exact) mass is 415 g/mol. The molecule has 2 aliphatic carbocycles. The lowest BCUT2D eigenvalue weighted by Crippen LogP contribution is -2.61. The predicted molar refractivity (Wildman–Crippen MR) is 106 cm³/mol. The average Bonchev–Trinajstić information content (AvgIpc) is 3.09. The number of anilines is 1. The van der Waals surface area contributed by atoms with Gasteiger partial charge in [-0.1, -0.05) is 6.07 Å². The largest absolute Gasteiger partial charge is 0.444 e. The topological polar surface area (TPSA) is 123 Å². The Morgan fingerprint density at radius 2 is 1.90 bits per heavy atom. The van der Waals surface area contributed by atoms with Crippen LogP contribution < -0.4 is 16.0 Å². The zero-order valence-electron chi connectivity index (χ0n) is 17.2. The summed E-state index contributed by atoms with van der Waals surface area (Å²) >= 11 is 0. The number of carbonyl (C=O) groups is 4. The van der Waals surface area contributed by atoms with Crippen LogP contribution in [0.15, 0.2) is 18.2 Å². The quantitative estimate of drug-likeness (QED) is 0.697. The third kappa shape index (κ3) is 3.38. The van der Waals surface area contributed by atoms with E-state index in [0.717, 1.165) is 12.0 Å². The van der Waals surface area contributed by atoms with Gasteiger partial charge in [-0.25, -0.2) is 9.59 Å². The van der Waals surface area contributed by atoms with Gasteiger partial charge in [-0.2, -0.15) is 0 Å². The molecule has 1 unspecified atom stereocenters. The first-order chi connectivity index (χ1) is 14.0. The number of hydrogen-bond donors (Lipinski definition) is 3. The lowest BCUT2D eigenvalue weighted by Gasteiger charge is -2.40. The number of hydrogen-bond acceptors (Lipinski definition) is 6. The Hall–Kier alpha value is -3.10. The lowest BCUT2D eigenvalue weighted by molar-refractivity contribution is -0.132. The van der Waals surface area contributed by atoms with Crippen LogP contribution in [-0.2, 0) is 31.1 Å². The second kappa shape index (κ2) is 6.72. The van der Waals surface area contributed by atoms with Gasteiger partial charge in [0.15, 0.2) is 0 Å². The van der Waals surface area contributed by atoms with Gasteiger partial charge in [-0.05, 0) is 64.2 Å². The van der Waals surface area contributed by atoms with Crippen molar-refractivity contribution in [2.45, 2.75) is 69.6 Å². The van der Waals surface area contributed by atoms with Crippen LogP contribution >= 0.6 is 0 Å². The molecule has 9 heteroatoms. The number of alkyl carbamates (subject to hydrolysis) is 2. The molecule has 160 valence electrons. The van der Waals surface area contributed by atoms with Crippen molar-refractivity contribution in [2.24, 2.45) is 0 Å². The van der Waals surface area contributed by atoms with E-state index in [2.05, 4.69) is 16.0 Å². The van der Waals surface area contributed by atoms with Crippen molar-refractivity contribution in [3.8, 4) is 0 Å². The summed E-state index contributed by atoms with van der Waals surface area (Å²) < 4.78 is 10.6. The second-order valence-corrected chi connectivity index (χ2v) is 9.06. The van der Waals surface area contributed by atoms with Gasteiger partial charge in [0.25, 0.3) is 5.91 Å². The van der Waals surface area contributed by atoms with E-state index in [4.69, 9.17) is 9.47 Å². The van der Waals surface area contributed by atoms with Crippen molar-refractivity contribution in [1.82, 2.24) is 10.6 Å². The number of imide groups is 1. The SMILES string of the molecule is CC(C)(C)OC(=O)NC1(C(=O)Nc2ccc3c(c2)CCC32OC(=O)NC2=O)CCC1. The van der Waals surface area contributed by atoms with Crippen LogP contribution in [0.3, 0.4) is 0 Å². The Bertz CT molecular complexity index is 947. The molecular weight excluding hydrogens is 390 g/mol. The minimum absolute atomic E-state index is 0.308. The number of carbonyl (C=O) groups excluding carboxylic acids is 4. The van der Waals surface area contributed by atoms with Crippen LogP contribution in [0.5, 0.6) is 0 Å². The fraction of sp³-hybridized carbons (Fsp3) is 0.524. The van der Waals surface area contributed by atoms with E-state index in [9.17, 15) is 19.2 Å². The van der Waals surface area contributed by atoms with Crippen LogP contribution in [0.1, 0.15) is 57.6 Å². The smallest absolute Gasteiger partial charge is 0.415 e. The summed E-state index contributed by atoms with van der Waals surface area (Å²) in [7, 11) is 0. The van der Waals surface area contributed by atoms with Crippen molar-refractivity contribution in [3.05, 3.63) is 29.3 Å². The Morgan fingerprint density at radius 3 is 2.47 bits per heavy atom. The van der Waals surface area contributed by atoms with Gasteiger partial charge < -0.3 is 20.1 Å². The van der Waals surface area contributed by atoms with Crippen molar-refractivity contribution in [1.29, 1.82) is 0 Å². The van der Waals surface area contributed by atoms with E-state index in [1.807, 2.05) is 0 Å². The van der Waals surface area contributed by atoms with Crippen molar-refractivity contribution >= 4 is 29.7 Å². The van der Waals surface area contributed by atoms with E-state index in [0.29, 0.717) is 36.9 Å². The molecule has 1 saturated heterocycles. The van der Waals surface area contributed by atoms with Crippen LogP contribution in [0.2, 0.25) is 0 Å². The van der Waals surface area contributed by atoms with Crippen LogP contribution in [0.25, 0.3) is 0 Å². The summed E-state index contributed by atoms with van der Waals surface area (Å²) in [4.78, 5) is 48.9. The number of rotatable bonds is 3. The molecule has 4 rings (SSSR count). The Kier molecular flexibility index (Phi) is 4.52. The highest BCUT2D eigenvalue weighted by Gasteiger charge is 2.54. The molecule has 0 bridgehead atoms. The first kappa shape index (κ1) is 20.2. The molecule has 30 heavy (non-hydrogen) atoms. The molecule has 2 fully saturated rings. The average molecular weight is 415 g/mol. The molecule has 1 saturated carbocycles. The fourth-order valence-electron chi connectivity index (χ4n) is 4.17. The number of fused-ring (bicyclic) bond motifs is 2. The minimum atomic E-state index is -1.28. The van der Waals surface area contributed by atoms with E-state index in [1.54, 1.807) is 39.0 Å². The van der Waals surface area contributed by atoms with Gasteiger partial charge in [0, 0.05) is 17.7 Å². The Morgan fingerprint density at radius 1 is 1.17 bits per heavy atom. The predicted octanol–water partition coefficient (Wildman–Crippen LogP) is 2.48. The molecule has 0 radical (unpaired) electrons. The highest BCUT2D eigenvalue weighted by Crippen LogP contribution is 2.43. The Labute approximate surface area is 173 Å². The molecule has 3 aliphatic rings. The van der Waals surface area contributed by atoms with Crippen LogP contribution in [0.4, 0.5) is 15.3 Å². The standard InChI is InChI=1S/C21H25N3O6/c1-19(2,3)29-18(28)24-20(8-4-9-20)15(25)22-13-5-6-14-12(11-13)7-10-21(14)16(26)23-17(27)30-21/h5-6,11H,4,7-10H2,1-3H3,(H,22,25)(H,24,28)(H,23,26,27). The van der Waals surface area contributed by atoms with Gasteiger partial charge >= 0.3 is 12.2 Å². The van der Waals surface area contributed by atoms with Gasteiger partial charge in [0.05, 0.1) is 0 Å². The number of nitrogens with one attached hydrogen (secondary N) is 3. The maximum absolute atomic E-state index is 12.9. The third-order valence-electron chi connectivity index (χ3n) is 5.78. The van der Waals surface area contributed by atoms with E-state index < -0.39 is 34.8 Å². The fourth-order valence-corrected chi connectivity index (χ4v) is 4.17. The second-order valence-electron chi connectivity index (χ2n) is 9.06. The molecule has 1 aliphatic heterocycles. The number of amides is 4. The highest BCUT2D eigenvalue weighted by atomic mass is 16.6. The molecule has 3 N–H and O–H groups in total. The maximum atomic E-state index is 12.9. The number of aryl methyl sites for hydroxylation is 1. The van der Waals surface area contributed by atoms with Crippen LogP contribution in [0, 0.1) is 0 Å². The number of ether oxygens (including phenoxy) is 2. The first-order valence-electron chi connectivity index (χ1n) is 10.0. The highest BCUT2D eigenvalue weighted by molar-refractivity contribution is 6.04. The van der Waals surface area contributed by atoms with Crippen LogP contribution in [-0.4, -0.2) is 35.1 Å². The molecule has 1 aromatic rings. The maximum Gasteiger partial charge on any atom is 0.415 e.